The zero-order valence-electron chi connectivity index (χ0n) is 16.4. The summed E-state index contributed by atoms with van der Waals surface area (Å²) in [5.74, 6) is -1.24. The van der Waals surface area contributed by atoms with Crippen LogP contribution in [-0.4, -0.2) is 55.2 Å². The molecule has 0 saturated carbocycles. The number of hydrogen-bond acceptors (Lipinski definition) is 5. The summed E-state index contributed by atoms with van der Waals surface area (Å²) in [5, 5.41) is 10.4. The van der Waals surface area contributed by atoms with Crippen LogP contribution >= 0.6 is 11.6 Å². The molecule has 3 rings (SSSR count). The van der Waals surface area contributed by atoms with E-state index in [0.717, 1.165) is 10.6 Å². The fourth-order valence-electron chi connectivity index (χ4n) is 3.23. The molecule has 3 amide bonds. The second-order valence-electron chi connectivity index (χ2n) is 6.44. The first kappa shape index (κ1) is 21.4. The fourth-order valence-corrected chi connectivity index (χ4v) is 3.48. The molecule has 0 radical (unpaired) electrons. The summed E-state index contributed by atoms with van der Waals surface area (Å²) in [7, 11) is 2.79. The summed E-state index contributed by atoms with van der Waals surface area (Å²) in [6.07, 6.45) is 0. The standard InChI is InChI=1S/C20H20ClN3O6/c1-29-17-8-7-14(9-15(17)21)24(30-2)18(25)11-23-16-6-4-3-5-13(16)10-22(20(23)28)12-19(26)27/h3-9H,10-12H2,1-2H3,(H,26,27). The lowest BCUT2D eigenvalue weighted by molar-refractivity contribution is -0.137. The zero-order chi connectivity index (χ0) is 21.8. The Morgan fingerprint density at radius 1 is 1.17 bits per heavy atom. The number of benzene rings is 2. The first-order valence-electron chi connectivity index (χ1n) is 8.92. The molecule has 0 aromatic heterocycles. The molecule has 30 heavy (non-hydrogen) atoms. The van der Waals surface area contributed by atoms with E-state index in [9.17, 15) is 14.4 Å². The van der Waals surface area contributed by atoms with Crippen molar-refractivity contribution in [2.24, 2.45) is 0 Å². The number of fused-ring (bicyclic) bond motifs is 1. The minimum absolute atomic E-state index is 0.147. The lowest BCUT2D eigenvalue weighted by Crippen LogP contribution is -2.52. The number of carboxylic acid groups (broad SMARTS) is 1. The van der Waals surface area contributed by atoms with Crippen LogP contribution in [0.1, 0.15) is 5.56 Å². The van der Waals surface area contributed by atoms with Gasteiger partial charge in [0, 0.05) is 0 Å². The molecule has 1 aliphatic heterocycles. The minimum Gasteiger partial charge on any atom is -0.495 e. The molecule has 0 bridgehead atoms. The maximum Gasteiger partial charge on any atom is 0.325 e. The minimum atomic E-state index is -1.14. The Balaban J connectivity index is 1.88. The fraction of sp³-hybridized carbons (Fsp3) is 0.250. The third-order valence-electron chi connectivity index (χ3n) is 4.54. The Hall–Kier alpha value is -3.30. The van der Waals surface area contributed by atoms with E-state index in [1.165, 1.54) is 30.1 Å². The van der Waals surface area contributed by atoms with Crippen LogP contribution in [0.3, 0.4) is 0 Å². The quantitative estimate of drug-likeness (QED) is 0.674. The Kier molecular flexibility index (Phi) is 6.43. The van der Waals surface area contributed by atoms with Crippen molar-refractivity contribution in [1.82, 2.24) is 4.90 Å². The summed E-state index contributed by atoms with van der Waals surface area (Å²) >= 11 is 6.14. The predicted molar refractivity (Wildman–Crippen MR) is 110 cm³/mol. The summed E-state index contributed by atoms with van der Waals surface area (Å²) in [6.45, 7) is -0.683. The van der Waals surface area contributed by atoms with Gasteiger partial charge in [0.1, 0.15) is 18.8 Å². The van der Waals surface area contributed by atoms with Crippen LogP contribution in [0.4, 0.5) is 16.2 Å². The molecule has 0 saturated heterocycles. The van der Waals surface area contributed by atoms with Gasteiger partial charge >= 0.3 is 12.0 Å². The Bertz CT molecular complexity index is 983. The van der Waals surface area contributed by atoms with Crippen LogP contribution in [0.15, 0.2) is 42.5 Å². The van der Waals surface area contributed by atoms with Crippen LogP contribution in [0.2, 0.25) is 5.02 Å². The van der Waals surface area contributed by atoms with Gasteiger partial charge in [-0.25, -0.2) is 4.79 Å². The number of halogens is 1. The van der Waals surface area contributed by atoms with E-state index in [1.807, 2.05) is 0 Å². The van der Waals surface area contributed by atoms with Crippen LogP contribution in [0.5, 0.6) is 5.75 Å². The van der Waals surface area contributed by atoms with Gasteiger partial charge < -0.3 is 14.7 Å². The normalized spacial score (nSPS) is 13.1. The number of carbonyl (C=O) groups is 3. The van der Waals surface area contributed by atoms with E-state index in [4.69, 9.17) is 26.3 Å². The SMILES string of the molecule is COc1ccc(N(OC)C(=O)CN2C(=O)N(CC(=O)O)Cc3ccccc32)cc1Cl. The van der Waals surface area contributed by atoms with Crippen molar-refractivity contribution in [2.45, 2.75) is 6.54 Å². The largest absolute Gasteiger partial charge is 0.495 e. The number of urea groups is 1. The van der Waals surface area contributed by atoms with E-state index in [2.05, 4.69) is 0 Å². The molecule has 2 aromatic carbocycles. The van der Waals surface area contributed by atoms with Gasteiger partial charge in [0.15, 0.2) is 0 Å². The van der Waals surface area contributed by atoms with Crippen molar-refractivity contribution in [3.63, 3.8) is 0 Å². The molecule has 1 N–H and O–H groups in total. The van der Waals surface area contributed by atoms with E-state index in [-0.39, 0.29) is 18.1 Å². The van der Waals surface area contributed by atoms with E-state index < -0.39 is 24.5 Å². The summed E-state index contributed by atoms with van der Waals surface area (Å²) in [5.41, 5.74) is 1.64. The van der Waals surface area contributed by atoms with Gasteiger partial charge in [-0.15, -0.1) is 0 Å². The number of hydrogen-bond donors (Lipinski definition) is 1. The predicted octanol–water partition coefficient (Wildman–Crippen LogP) is 2.77. The highest BCUT2D eigenvalue weighted by Gasteiger charge is 2.33. The van der Waals surface area contributed by atoms with Gasteiger partial charge in [-0.05, 0) is 29.8 Å². The number of rotatable bonds is 7. The average Bonchev–Trinajstić information content (AvgIpc) is 2.71. The number of aliphatic carboxylic acids is 1. The van der Waals surface area contributed by atoms with E-state index >= 15 is 0 Å². The molecule has 0 atom stereocenters. The first-order valence-corrected chi connectivity index (χ1v) is 9.30. The van der Waals surface area contributed by atoms with Crippen LogP contribution < -0.4 is 14.7 Å². The third-order valence-corrected chi connectivity index (χ3v) is 4.84. The number of nitrogens with zero attached hydrogens (tertiary/aromatic N) is 3. The monoisotopic (exact) mass is 433 g/mol. The highest BCUT2D eigenvalue weighted by molar-refractivity contribution is 6.32. The molecule has 0 fully saturated rings. The van der Waals surface area contributed by atoms with Crippen LogP contribution in [0.25, 0.3) is 0 Å². The zero-order valence-corrected chi connectivity index (χ0v) is 17.1. The molecule has 158 valence electrons. The number of para-hydroxylation sites is 1. The second kappa shape index (κ2) is 9.02. The molecule has 9 nitrogen and oxygen atoms in total. The maximum atomic E-state index is 13.0. The van der Waals surface area contributed by atoms with Gasteiger partial charge in [0.05, 0.1) is 37.2 Å². The summed E-state index contributed by atoms with van der Waals surface area (Å²) in [6, 6.07) is 11.1. The first-order chi connectivity index (χ1) is 14.3. The van der Waals surface area contributed by atoms with Gasteiger partial charge in [-0.3, -0.25) is 19.3 Å². The Labute approximate surface area is 177 Å². The molecule has 0 unspecified atom stereocenters. The molecular formula is C20H20ClN3O6. The van der Waals surface area contributed by atoms with Gasteiger partial charge in [-0.1, -0.05) is 29.8 Å². The highest BCUT2D eigenvalue weighted by Crippen LogP contribution is 2.31. The molecule has 0 aliphatic carbocycles. The molecule has 10 heteroatoms. The summed E-state index contributed by atoms with van der Waals surface area (Å²) in [4.78, 5) is 44.6. The van der Waals surface area contributed by atoms with Gasteiger partial charge in [0.2, 0.25) is 0 Å². The van der Waals surface area contributed by atoms with E-state index in [1.54, 1.807) is 36.4 Å². The smallest absolute Gasteiger partial charge is 0.325 e. The van der Waals surface area contributed by atoms with Crippen LogP contribution in [-0.2, 0) is 21.0 Å². The van der Waals surface area contributed by atoms with Crippen molar-refractivity contribution in [2.75, 3.05) is 37.3 Å². The lowest BCUT2D eigenvalue weighted by atomic mass is 10.1. The maximum absolute atomic E-state index is 13.0. The van der Waals surface area contributed by atoms with E-state index in [0.29, 0.717) is 17.1 Å². The van der Waals surface area contributed by atoms with Crippen molar-refractivity contribution in [3.05, 3.63) is 53.1 Å². The number of hydroxylamine groups is 1. The third kappa shape index (κ3) is 4.32. The molecule has 2 aromatic rings. The Morgan fingerprint density at radius 3 is 2.53 bits per heavy atom. The van der Waals surface area contributed by atoms with Crippen molar-refractivity contribution < 1.29 is 29.1 Å². The number of anilines is 2. The second-order valence-corrected chi connectivity index (χ2v) is 6.84. The number of carboxylic acids is 1. The lowest BCUT2D eigenvalue weighted by Gasteiger charge is -2.36. The molecular weight excluding hydrogens is 414 g/mol. The van der Waals surface area contributed by atoms with Gasteiger partial charge in [-0.2, -0.15) is 5.06 Å². The number of amides is 3. The van der Waals surface area contributed by atoms with Gasteiger partial charge in [0.25, 0.3) is 5.91 Å². The molecule has 1 heterocycles. The Morgan fingerprint density at radius 2 is 1.90 bits per heavy atom. The number of methoxy groups -OCH3 is 1. The summed E-state index contributed by atoms with van der Waals surface area (Å²) < 4.78 is 5.11. The van der Waals surface area contributed by atoms with Crippen molar-refractivity contribution in [1.29, 1.82) is 0 Å². The van der Waals surface area contributed by atoms with Crippen LogP contribution in [0, 0.1) is 0 Å². The molecule has 0 spiro atoms. The average molecular weight is 434 g/mol. The topological polar surface area (TPSA) is 99.6 Å². The number of ether oxygens (including phenoxy) is 1. The van der Waals surface area contributed by atoms with Crippen molar-refractivity contribution in [3.8, 4) is 5.75 Å². The highest BCUT2D eigenvalue weighted by atomic mass is 35.5. The number of carbonyl (C=O) groups excluding carboxylic acids is 2. The molecule has 1 aliphatic rings. The van der Waals surface area contributed by atoms with Crippen molar-refractivity contribution >= 4 is 40.9 Å².